The Morgan fingerprint density at radius 3 is 2.09 bits per heavy atom. The van der Waals surface area contributed by atoms with Crippen LogP contribution >= 0.6 is 0 Å². The molecule has 0 fully saturated rings. The summed E-state index contributed by atoms with van der Waals surface area (Å²) in [7, 11) is 0. The molecule has 3 aromatic rings. The Balaban J connectivity index is 1.96. The number of nitrogens with zero attached hydrogens (tertiary/aromatic N) is 2. The number of rotatable bonds is 10. The normalized spacial score (nSPS) is 15.0. The molecular weight excluding hydrogens is 585 g/mol. The Kier molecular flexibility index (Phi) is 8.76. The maximum atomic E-state index is 17.3. The van der Waals surface area contributed by atoms with Crippen LogP contribution in [0.1, 0.15) is 48.1 Å². The summed E-state index contributed by atoms with van der Waals surface area (Å²) in [4.78, 5) is 50.4. The fourth-order valence-electron chi connectivity index (χ4n) is 5.77. The Bertz CT molecular complexity index is 1820. The minimum Gasteiger partial charge on any atom is -0.462 e. The minimum atomic E-state index is -4.91. The lowest BCUT2D eigenvalue weighted by Crippen LogP contribution is -2.51. The van der Waals surface area contributed by atoms with E-state index >= 15 is 8.63 Å². The zero-order valence-electron chi connectivity index (χ0n) is 24.8. The molecule has 45 heavy (non-hydrogen) atoms. The number of ether oxygens (including phenoxy) is 3. The van der Waals surface area contributed by atoms with Gasteiger partial charge < -0.3 is 36.6 Å². The number of hydrogen-bond acceptors (Lipinski definition) is 7. The van der Waals surface area contributed by atoms with Gasteiger partial charge in [0, 0.05) is 42.4 Å². The van der Waals surface area contributed by atoms with E-state index in [2.05, 4.69) is 0 Å². The van der Waals surface area contributed by atoms with Crippen molar-refractivity contribution in [2.24, 2.45) is 0 Å². The first kappa shape index (κ1) is 31.1. The average molecular weight is 614 g/mol. The molecule has 0 amide bonds. The van der Waals surface area contributed by atoms with Crippen LogP contribution in [0.25, 0.3) is 22.8 Å². The third kappa shape index (κ3) is 5.43. The SMILES string of the molecule is CCOC(=O)C1=C(c2ccccc2)C2=Cc3c(-c4ccccc4)c(C(=O)OCC)c(CC=O)n3[B-](F)(F)[N+]2=C1/C=C/OC(C)=O. The summed E-state index contributed by atoms with van der Waals surface area (Å²) < 4.78 is 51.6. The standard InChI is InChI=1S/C33H29BF2N2O7/c1-4-43-32(41)30-24(16-18-39)37-26(28(30)22-12-8-6-9-13-22)20-27-29(23-14-10-7-11-15-23)31(33(42)44-5-2)25(17-19-45-21(3)40)38(27)34(37,35)36/h6-15,17-20H,4-5,16H2,1-3H3/b19-17+. The van der Waals surface area contributed by atoms with Gasteiger partial charge in [-0.05, 0) is 25.0 Å². The molecule has 0 bridgehead atoms. The van der Waals surface area contributed by atoms with E-state index in [1.54, 1.807) is 74.5 Å². The zero-order chi connectivity index (χ0) is 32.3. The molecule has 3 heterocycles. The topological polar surface area (TPSA) is 104 Å². The maximum absolute atomic E-state index is 17.3. The van der Waals surface area contributed by atoms with Gasteiger partial charge in [-0.25, -0.2) is 9.59 Å². The quantitative estimate of drug-likeness (QED) is 0.102. The fraction of sp³-hybridized carbons (Fsp3) is 0.182. The van der Waals surface area contributed by atoms with Crippen LogP contribution in [0.3, 0.4) is 0 Å². The highest BCUT2D eigenvalue weighted by Crippen LogP contribution is 2.47. The van der Waals surface area contributed by atoms with Gasteiger partial charge >= 0.3 is 24.9 Å². The molecule has 0 N–H and O–H groups in total. The first-order valence-corrected chi connectivity index (χ1v) is 14.3. The van der Waals surface area contributed by atoms with E-state index in [-0.39, 0.29) is 58.3 Å². The second-order valence-electron chi connectivity index (χ2n) is 10.0. The van der Waals surface area contributed by atoms with Gasteiger partial charge in [0.15, 0.2) is 11.4 Å². The number of allylic oxidation sites excluding steroid dienone is 2. The number of aromatic nitrogens is 1. The molecule has 0 aliphatic carbocycles. The van der Waals surface area contributed by atoms with Gasteiger partial charge in [-0.3, -0.25) is 4.79 Å². The first-order valence-electron chi connectivity index (χ1n) is 14.3. The van der Waals surface area contributed by atoms with Gasteiger partial charge in [-0.1, -0.05) is 60.7 Å². The highest BCUT2D eigenvalue weighted by molar-refractivity contribution is 6.59. The minimum absolute atomic E-state index is 0.0223. The number of fused-ring (bicyclic) bond motifs is 2. The van der Waals surface area contributed by atoms with Crippen LogP contribution in [-0.2, 0) is 35.0 Å². The molecule has 2 aliphatic heterocycles. The molecule has 0 atom stereocenters. The van der Waals surface area contributed by atoms with Gasteiger partial charge in [0.1, 0.15) is 18.1 Å². The smallest absolute Gasteiger partial charge is 0.462 e. The molecule has 12 heteroatoms. The maximum Gasteiger partial charge on any atom is 0.737 e. The Morgan fingerprint density at radius 1 is 0.911 bits per heavy atom. The second-order valence-corrected chi connectivity index (χ2v) is 10.0. The van der Waals surface area contributed by atoms with Gasteiger partial charge in [-0.2, -0.15) is 0 Å². The summed E-state index contributed by atoms with van der Waals surface area (Å²) in [6, 6.07) is 17.0. The lowest BCUT2D eigenvalue weighted by Gasteiger charge is -2.31. The van der Waals surface area contributed by atoms with Crippen LogP contribution in [0.5, 0.6) is 0 Å². The fourth-order valence-corrected chi connectivity index (χ4v) is 5.77. The van der Waals surface area contributed by atoms with Gasteiger partial charge in [-0.15, -0.1) is 0 Å². The lowest BCUT2D eigenvalue weighted by atomic mass is 9.87. The zero-order valence-corrected chi connectivity index (χ0v) is 24.8. The van der Waals surface area contributed by atoms with Crippen molar-refractivity contribution in [3.05, 3.63) is 107 Å². The molecule has 2 aromatic carbocycles. The van der Waals surface area contributed by atoms with Crippen molar-refractivity contribution < 1.29 is 46.5 Å². The highest BCUT2D eigenvalue weighted by Gasteiger charge is 2.58. The summed E-state index contributed by atoms with van der Waals surface area (Å²) in [5, 5.41) is 0. The van der Waals surface area contributed by atoms with E-state index in [1.807, 2.05) is 0 Å². The second kappa shape index (κ2) is 12.7. The summed E-state index contributed by atoms with van der Waals surface area (Å²) in [5.41, 5.74) is 0.253. The molecule has 0 unspecified atom stereocenters. The van der Waals surface area contributed by atoms with Crippen molar-refractivity contribution in [2.45, 2.75) is 27.2 Å². The van der Waals surface area contributed by atoms with Crippen LogP contribution in [0.15, 0.2) is 84.3 Å². The van der Waals surface area contributed by atoms with E-state index in [4.69, 9.17) is 14.2 Å². The van der Waals surface area contributed by atoms with Crippen LogP contribution in [0, 0.1) is 0 Å². The molecule has 0 saturated heterocycles. The van der Waals surface area contributed by atoms with Crippen molar-refractivity contribution in [3.63, 3.8) is 0 Å². The number of benzene rings is 2. The Labute approximate surface area is 257 Å². The van der Waals surface area contributed by atoms with Crippen molar-refractivity contribution in [1.82, 2.24) is 4.48 Å². The average Bonchev–Trinajstić information content (AvgIpc) is 3.52. The number of esters is 3. The van der Waals surface area contributed by atoms with E-state index < -0.39 is 31.3 Å². The van der Waals surface area contributed by atoms with Crippen LogP contribution in [-0.4, -0.2) is 59.1 Å². The molecule has 0 saturated carbocycles. The molecule has 230 valence electrons. The predicted octanol–water partition coefficient (Wildman–Crippen LogP) is 5.21. The van der Waals surface area contributed by atoms with E-state index in [1.165, 1.54) is 6.08 Å². The monoisotopic (exact) mass is 614 g/mol. The van der Waals surface area contributed by atoms with Gasteiger partial charge in [0.25, 0.3) is 0 Å². The van der Waals surface area contributed by atoms with E-state index in [0.29, 0.717) is 26.4 Å². The van der Waals surface area contributed by atoms with E-state index in [0.717, 1.165) is 19.3 Å². The number of hydrogen-bond donors (Lipinski definition) is 0. The Morgan fingerprint density at radius 2 is 1.51 bits per heavy atom. The molecule has 0 spiro atoms. The van der Waals surface area contributed by atoms with Gasteiger partial charge in [0.2, 0.25) is 0 Å². The molecule has 2 aliphatic rings. The van der Waals surface area contributed by atoms with Gasteiger partial charge in [0.05, 0.1) is 24.4 Å². The predicted molar refractivity (Wildman–Crippen MR) is 163 cm³/mol. The summed E-state index contributed by atoms with van der Waals surface area (Å²) >= 11 is 0. The highest BCUT2D eigenvalue weighted by atomic mass is 19.2. The number of carbonyl (C=O) groups excluding carboxylic acids is 4. The molecule has 0 radical (unpaired) electrons. The lowest BCUT2D eigenvalue weighted by molar-refractivity contribution is -0.358. The number of carbonyl (C=O) groups is 4. The first-order chi connectivity index (χ1) is 21.7. The molecular formula is C33H29BF2N2O7. The third-order valence-electron chi connectivity index (χ3n) is 7.34. The van der Waals surface area contributed by atoms with Crippen LogP contribution < -0.4 is 0 Å². The number of aldehydes is 1. The van der Waals surface area contributed by atoms with Crippen LogP contribution in [0.4, 0.5) is 8.63 Å². The number of halogens is 2. The van der Waals surface area contributed by atoms with Crippen molar-refractivity contribution >= 4 is 48.5 Å². The largest absolute Gasteiger partial charge is 0.737 e. The molecule has 9 nitrogen and oxygen atoms in total. The summed E-state index contributed by atoms with van der Waals surface area (Å²) in [6.07, 6.45) is 3.41. The summed E-state index contributed by atoms with van der Waals surface area (Å²) in [6.45, 7) is -0.635. The van der Waals surface area contributed by atoms with E-state index in [9.17, 15) is 19.2 Å². The van der Waals surface area contributed by atoms with Crippen LogP contribution in [0.2, 0.25) is 0 Å². The summed E-state index contributed by atoms with van der Waals surface area (Å²) in [5.74, 6) is -2.42. The van der Waals surface area contributed by atoms with Crippen molar-refractivity contribution in [2.75, 3.05) is 13.2 Å². The Hall–Kier alpha value is -5.39. The molecule has 5 rings (SSSR count). The van der Waals surface area contributed by atoms with Crippen molar-refractivity contribution in [3.8, 4) is 11.1 Å². The molecule has 1 aromatic heterocycles. The van der Waals surface area contributed by atoms with Crippen molar-refractivity contribution in [1.29, 1.82) is 0 Å². The third-order valence-corrected chi connectivity index (χ3v) is 7.34.